The van der Waals surface area contributed by atoms with Gasteiger partial charge in [0.2, 0.25) is 0 Å². The Hall–Kier alpha value is -0.650. The summed E-state index contributed by atoms with van der Waals surface area (Å²) in [5.41, 5.74) is 0. The monoisotopic (exact) mass is 201 g/mol. The van der Waals surface area contributed by atoms with E-state index in [1.807, 2.05) is 0 Å². The average Bonchev–Trinajstić information content (AvgIpc) is 2.52. The summed E-state index contributed by atoms with van der Waals surface area (Å²) in [6.07, 6.45) is -1.48. The molecule has 2 aliphatic rings. The van der Waals surface area contributed by atoms with E-state index < -0.39 is 12.2 Å². The topological polar surface area (TPSA) is 82.3 Å². The van der Waals surface area contributed by atoms with Gasteiger partial charge in [0.25, 0.3) is 0 Å². The first kappa shape index (κ1) is 9.89. The zero-order valence-corrected chi connectivity index (χ0v) is 8.00. The molecule has 0 radical (unpaired) electrons. The minimum atomic E-state index is -0.927. The van der Waals surface area contributed by atoms with Crippen LogP contribution in [0.4, 0.5) is 0 Å². The Morgan fingerprint density at radius 3 is 2.79 bits per heavy atom. The van der Waals surface area contributed by atoms with Gasteiger partial charge in [0, 0.05) is 19.4 Å². The van der Waals surface area contributed by atoms with Gasteiger partial charge in [0.05, 0.1) is 6.10 Å². The third-order valence-electron chi connectivity index (χ3n) is 2.99. The smallest absolute Gasteiger partial charge is 0.180 e. The van der Waals surface area contributed by atoms with Crippen LogP contribution in [-0.2, 0) is 4.74 Å². The predicted molar refractivity (Wildman–Crippen MR) is 49.0 cm³/mol. The number of fused-ring (bicyclic) bond motifs is 1. The number of aliphatic imine (C=N–C) groups is 1. The Bertz CT molecular complexity index is 255. The summed E-state index contributed by atoms with van der Waals surface area (Å²) < 4.78 is 5.38. The highest BCUT2D eigenvalue weighted by Gasteiger charge is 2.46. The lowest BCUT2D eigenvalue weighted by Gasteiger charge is -2.36. The van der Waals surface area contributed by atoms with E-state index in [0.29, 0.717) is 12.3 Å². The van der Waals surface area contributed by atoms with E-state index in [2.05, 4.69) is 4.99 Å². The molecule has 0 aromatic rings. The van der Waals surface area contributed by atoms with Crippen molar-refractivity contribution in [2.75, 3.05) is 6.61 Å². The summed E-state index contributed by atoms with van der Waals surface area (Å²) in [6, 6.07) is -0.368. The highest BCUT2D eigenvalue weighted by molar-refractivity contribution is 5.75. The molecule has 1 fully saturated rings. The Kier molecular flexibility index (Phi) is 2.47. The van der Waals surface area contributed by atoms with Crippen molar-refractivity contribution in [3.63, 3.8) is 0 Å². The Morgan fingerprint density at radius 1 is 1.43 bits per heavy atom. The van der Waals surface area contributed by atoms with Crippen LogP contribution in [0.3, 0.4) is 0 Å². The van der Waals surface area contributed by atoms with Crippen molar-refractivity contribution >= 4 is 5.90 Å². The first-order chi connectivity index (χ1) is 6.63. The molecular weight excluding hydrogens is 186 g/mol. The van der Waals surface area contributed by atoms with Crippen molar-refractivity contribution < 1.29 is 20.1 Å². The molecule has 0 saturated heterocycles. The molecule has 2 rings (SSSR count). The van der Waals surface area contributed by atoms with E-state index in [4.69, 9.17) is 9.84 Å². The molecule has 0 bridgehead atoms. The molecular formula is C9H15NO4. The second-order valence-corrected chi connectivity index (χ2v) is 3.95. The van der Waals surface area contributed by atoms with Gasteiger partial charge in [-0.15, -0.1) is 0 Å². The summed E-state index contributed by atoms with van der Waals surface area (Å²) in [4.78, 5) is 4.11. The third-order valence-corrected chi connectivity index (χ3v) is 2.99. The van der Waals surface area contributed by atoms with Crippen LogP contribution in [0, 0.1) is 5.92 Å². The fraction of sp³-hybridized carbons (Fsp3) is 0.889. The molecule has 3 unspecified atom stereocenters. The number of rotatable bonds is 1. The van der Waals surface area contributed by atoms with Crippen molar-refractivity contribution in [3.8, 4) is 0 Å². The van der Waals surface area contributed by atoms with Crippen molar-refractivity contribution in [1.82, 2.24) is 0 Å². The van der Waals surface area contributed by atoms with Crippen LogP contribution in [0.5, 0.6) is 0 Å². The fourth-order valence-corrected chi connectivity index (χ4v) is 2.20. The lowest BCUT2D eigenvalue weighted by Crippen LogP contribution is -2.52. The molecule has 1 aliphatic carbocycles. The van der Waals surface area contributed by atoms with Crippen molar-refractivity contribution in [3.05, 3.63) is 0 Å². The largest absolute Gasteiger partial charge is 0.476 e. The van der Waals surface area contributed by atoms with Gasteiger partial charge in [-0.1, -0.05) is 0 Å². The Labute approximate surface area is 82.0 Å². The van der Waals surface area contributed by atoms with Crippen LogP contribution in [0.15, 0.2) is 4.99 Å². The lowest BCUT2D eigenvalue weighted by atomic mass is 9.80. The molecule has 5 heteroatoms. The predicted octanol–water partition coefficient (Wildman–Crippen LogP) is -1.09. The first-order valence-electron chi connectivity index (χ1n) is 4.81. The third kappa shape index (κ3) is 1.41. The SMILES string of the molecule is CC1=NC2C(O)[C@H](O)C(CO)C[C@@H]2O1. The second-order valence-electron chi connectivity index (χ2n) is 3.95. The maximum atomic E-state index is 9.72. The molecule has 14 heavy (non-hydrogen) atoms. The van der Waals surface area contributed by atoms with Crippen molar-refractivity contribution in [2.45, 2.75) is 37.7 Å². The van der Waals surface area contributed by atoms with Crippen LogP contribution in [0.25, 0.3) is 0 Å². The minimum Gasteiger partial charge on any atom is -0.476 e. The van der Waals surface area contributed by atoms with Crippen molar-refractivity contribution in [1.29, 1.82) is 0 Å². The van der Waals surface area contributed by atoms with E-state index in [0.717, 1.165) is 0 Å². The van der Waals surface area contributed by atoms with E-state index in [-0.39, 0.29) is 24.7 Å². The van der Waals surface area contributed by atoms with Gasteiger partial charge >= 0.3 is 0 Å². The molecule has 5 nitrogen and oxygen atoms in total. The van der Waals surface area contributed by atoms with Crippen LogP contribution in [-0.4, -0.2) is 52.2 Å². The minimum absolute atomic E-state index is 0.135. The molecule has 0 aromatic heterocycles. The van der Waals surface area contributed by atoms with Gasteiger partial charge < -0.3 is 20.1 Å². The van der Waals surface area contributed by atoms with E-state index in [1.165, 1.54) is 0 Å². The molecule has 0 amide bonds. The van der Waals surface area contributed by atoms with Gasteiger partial charge in [0.15, 0.2) is 5.90 Å². The summed E-state index contributed by atoms with van der Waals surface area (Å²) >= 11 is 0. The molecule has 80 valence electrons. The Morgan fingerprint density at radius 2 is 2.14 bits per heavy atom. The van der Waals surface area contributed by atoms with Gasteiger partial charge in [-0.25, -0.2) is 4.99 Å². The molecule has 0 aromatic carbocycles. The number of nitrogens with zero attached hydrogens (tertiary/aromatic N) is 1. The highest BCUT2D eigenvalue weighted by Crippen LogP contribution is 2.32. The lowest BCUT2D eigenvalue weighted by molar-refractivity contribution is -0.0946. The van der Waals surface area contributed by atoms with E-state index >= 15 is 0 Å². The van der Waals surface area contributed by atoms with Gasteiger partial charge in [-0.05, 0) is 6.42 Å². The number of aliphatic hydroxyl groups excluding tert-OH is 3. The van der Waals surface area contributed by atoms with Gasteiger partial charge in [-0.2, -0.15) is 0 Å². The van der Waals surface area contributed by atoms with Gasteiger partial charge in [0.1, 0.15) is 18.2 Å². The molecule has 3 N–H and O–H groups in total. The van der Waals surface area contributed by atoms with Gasteiger partial charge in [-0.3, -0.25) is 0 Å². The van der Waals surface area contributed by atoms with Crippen molar-refractivity contribution in [2.24, 2.45) is 10.9 Å². The summed E-state index contributed by atoms with van der Waals surface area (Å²) in [6.45, 7) is 1.59. The zero-order valence-electron chi connectivity index (χ0n) is 8.00. The molecule has 5 atom stereocenters. The summed E-state index contributed by atoms with van der Waals surface area (Å²) in [5.74, 6) is 0.234. The molecule has 1 saturated carbocycles. The van der Waals surface area contributed by atoms with Crippen LogP contribution in [0.2, 0.25) is 0 Å². The Balaban J connectivity index is 2.14. The number of hydrogen-bond donors (Lipinski definition) is 3. The van der Waals surface area contributed by atoms with Crippen LogP contribution in [0.1, 0.15) is 13.3 Å². The first-order valence-corrected chi connectivity index (χ1v) is 4.81. The van der Waals surface area contributed by atoms with E-state index in [1.54, 1.807) is 6.92 Å². The quantitative estimate of drug-likeness (QED) is 0.503. The number of ether oxygens (including phenoxy) is 1. The van der Waals surface area contributed by atoms with Crippen LogP contribution < -0.4 is 0 Å². The fourth-order valence-electron chi connectivity index (χ4n) is 2.20. The van der Waals surface area contributed by atoms with E-state index in [9.17, 15) is 10.2 Å². The maximum Gasteiger partial charge on any atom is 0.180 e. The normalized spacial score (nSPS) is 46.9. The summed E-state index contributed by atoms with van der Waals surface area (Å²) in [7, 11) is 0. The number of hydrogen-bond acceptors (Lipinski definition) is 5. The molecule has 1 heterocycles. The average molecular weight is 201 g/mol. The zero-order chi connectivity index (χ0) is 10.3. The molecule has 1 aliphatic heterocycles. The molecule has 0 spiro atoms. The second kappa shape index (κ2) is 3.49. The standard InChI is InChI=1S/C9H15NO4/c1-4-10-7-6(14-4)2-5(3-11)8(12)9(7)13/h5-9,11-13H,2-3H2,1H3/t5?,6-,7?,8+,9?/m0/s1. The number of aliphatic hydroxyl groups is 3. The van der Waals surface area contributed by atoms with Crippen LogP contribution >= 0.6 is 0 Å². The maximum absolute atomic E-state index is 9.72. The highest BCUT2D eigenvalue weighted by atomic mass is 16.5. The summed E-state index contributed by atoms with van der Waals surface area (Å²) in [5, 5.41) is 28.4.